The highest BCUT2D eigenvalue weighted by Gasteiger charge is 2.35. The summed E-state index contributed by atoms with van der Waals surface area (Å²) in [5, 5.41) is 2.09. The van der Waals surface area contributed by atoms with Crippen LogP contribution in [0.25, 0.3) is 0 Å². The van der Waals surface area contributed by atoms with Crippen LogP contribution in [0.2, 0.25) is 0 Å². The van der Waals surface area contributed by atoms with Gasteiger partial charge in [0.05, 0.1) is 6.04 Å². The molecule has 2 amide bonds. The van der Waals surface area contributed by atoms with E-state index in [9.17, 15) is 14.0 Å². The minimum atomic E-state index is -0.461. The molecule has 2 aromatic carbocycles. The molecule has 2 atom stereocenters. The Kier molecular flexibility index (Phi) is 6.94. The molecule has 4 rings (SSSR count). The molecule has 0 fully saturated rings. The van der Waals surface area contributed by atoms with Crippen LogP contribution < -0.4 is 0 Å². The van der Waals surface area contributed by atoms with E-state index >= 15 is 0 Å². The van der Waals surface area contributed by atoms with E-state index in [4.69, 9.17) is 0 Å². The standard InChI is InChI=1S/C27H29FN2O2S/c1-4-19(3)30(27(32)20-9-7-10-21(28)16-20)17-25(31)29-14-12-24-23(13-15-33-24)26(29)22-11-6-5-8-18(22)2/h5-11,13,15-16,19,26H,4,12,14,17H2,1-3H3. The number of hydrogen-bond acceptors (Lipinski definition) is 3. The number of nitrogens with zero attached hydrogens (tertiary/aromatic N) is 2. The molecule has 0 spiro atoms. The summed E-state index contributed by atoms with van der Waals surface area (Å²) in [5.74, 6) is -0.875. The summed E-state index contributed by atoms with van der Waals surface area (Å²) in [6, 6.07) is 15.6. The fourth-order valence-corrected chi connectivity index (χ4v) is 5.39. The Morgan fingerprint density at radius 3 is 2.67 bits per heavy atom. The van der Waals surface area contributed by atoms with Crippen LogP contribution in [-0.2, 0) is 11.2 Å². The molecule has 0 radical (unpaired) electrons. The minimum absolute atomic E-state index is 0.0355. The molecule has 0 N–H and O–H groups in total. The first-order chi connectivity index (χ1) is 15.9. The van der Waals surface area contributed by atoms with E-state index in [-0.39, 0.29) is 36.0 Å². The highest BCUT2D eigenvalue weighted by Crippen LogP contribution is 2.39. The number of rotatable bonds is 6. The second kappa shape index (κ2) is 9.87. The lowest BCUT2D eigenvalue weighted by atomic mass is 9.90. The van der Waals surface area contributed by atoms with Crippen molar-refractivity contribution in [3.63, 3.8) is 0 Å². The Bertz CT molecular complexity index is 1160. The summed E-state index contributed by atoms with van der Waals surface area (Å²) in [6.45, 7) is 6.55. The molecule has 1 aromatic heterocycles. The summed E-state index contributed by atoms with van der Waals surface area (Å²) in [5.41, 5.74) is 3.67. The average Bonchev–Trinajstić information content (AvgIpc) is 3.30. The van der Waals surface area contributed by atoms with Gasteiger partial charge in [0.25, 0.3) is 5.91 Å². The number of halogens is 1. The van der Waals surface area contributed by atoms with E-state index in [0.29, 0.717) is 13.0 Å². The highest BCUT2D eigenvalue weighted by molar-refractivity contribution is 7.10. The third kappa shape index (κ3) is 4.71. The molecule has 3 aromatic rings. The third-order valence-corrected chi connectivity index (χ3v) is 7.53. The first-order valence-electron chi connectivity index (χ1n) is 11.4. The zero-order valence-corrected chi connectivity index (χ0v) is 20.1. The van der Waals surface area contributed by atoms with E-state index in [1.807, 2.05) is 30.9 Å². The Morgan fingerprint density at radius 1 is 1.15 bits per heavy atom. The molecule has 0 bridgehead atoms. The fourth-order valence-electron chi connectivity index (χ4n) is 4.49. The quantitative estimate of drug-likeness (QED) is 0.476. The molecule has 6 heteroatoms. The van der Waals surface area contributed by atoms with Crippen LogP contribution in [0.5, 0.6) is 0 Å². The maximum atomic E-state index is 13.8. The van der Waals surface area contributed by atoms with Crippen molar-refractivity contribution in [3.05, 3.63) is 92.9 Å². The molecule has 1 aliphatic rings. The largest absolute Gasteiger partial charge is 0.330 e. The van der Waals surface area contributed by atoms with Gasteiger partial charge in [-0.25, -0.2) is 4.39 Å². The van der Waals surface area contributed by atoms with Gasteiger partial charge in [-0.1, -0.05) is 37.3 Å². The van der Waals surface area contributed by atoms with Crippen LogP contribution in [0.1, 0.15) is 58.2 Å². The van der Waals surface area contributed by atoms with Gasteiger partial charge in [0.15, 0.2) is 0 Å². The molecular formula is C27H29FN2O2S. The lowest BCUT2D eigenvalue weighted by molar-refractivity contribution is -0.134. The predicted molar refractivity (Wildman–Crippen MR) is 130 cm³/mol. The molecule has 1 aliphatic heterocycles. The zero-order chi connectivity index (χ0) is 23.5. The van der Waals surface area contributed by atoms with Gasteiger partial charge in [0.2, 0.25) is 5.91 Å². The maximum Gasteiger partial charge on any atom is 0.254 e. The first-order valence-corrected chi connectivity index (χ1v) is 12.3. The van der Waals surface area contributed by atoms with Crippen molar-refractivity contribution >= 4 is 23.2 Å². The molecule has 0 aliphatic carbocycles. The summed E-state index contributed by atoms with van der Waals surface area (Å²) in [7, 11) is 0. The van der Waals surface area contributed by atoms with Crippen molar-refractivity contribution in [3.8, 4) is 0 Å². The fraction of sp³-hybridized carbons (Fsp3) is 0.333. The van der Waals surface area contributed by atoms with Crippen molar-refractivity contribution in [1.82, 2.24) is 9.80 Å². The highest BCUT2D eigenvalue weighted by atomic mass is 32.1. The number of carbonyl (C=O) groups is 2. The minimum Gasteiger partial charge on any atom is -0.330 e. The predicted octanol–water partition coefficient (Wildman–Crippen LogP) is 5.61. The molecule has 33 heavy (non-hydrogen) atoms. The van der Waals surface area contributed by atoms with E-state index in [0.717, 1.165) is 17.5 Å². The van der Waals surface area contributed by atoms with Gasteiger partial charge < -0.3 is 9.80 Å². The molecule has 2 unspecified atom stereocenters. The average molecular weight is 465 g/mol. The smallest absolute Gasteiger partial charge is 0.254 e. The normalized spacial score (nSPS) is 16.2. The van der Waals surface area contributed by atoms with Crippen LogP contribution in [-0.4, -0.2) is 40.7 Å². The van der Waals surface area contributed by atoms with Gasteiger partial charge in [-0.05, 0) is 73.0 Å². The van der Waals surface area contributed by atoms with Crippen LogP contribution in [0.15, 0.2) is 60.0 Å². The number of amides is 2. The van der Waals surface area contributed by atoms with Crippen LogP contribution in [0.3, 0.4) is 0 Å². The Hall–Kier alpha value is -2.99. The van der Waals surface area contributed by atoms with Crippen LogP contribution in [0.4, 0.5) is 4.39 Å². The Labute approximate surface area is 198 Å². The number of fused-ring (bicyclic) bond motifs is 1. The van der Waals surface area contributed by atoms with Crippen molar-refractivity contribution < 1.29 is 14.0 Å². The van der Waals surface area contributed by atoms with Crippen LogP contribution >= 0.6 is 11.3 Å². The number of thiophene rings is 1. The zero-order valence-electron chi connectivity index (χ0n) is 19.3. The summed E-state index contributed by atoms with van der Waals surface area (Å²) < 4.78 is 13.8. The lowest BCUT2D eigenvalue weighted by Gasteiger charge is -2.39. The van der Waals surface area contributed by atoms with E-state index < -0.39 is 5.82 Å². The topological polar surface area (TPSA) is 40.6 Å². The van der Waals surface area contributed by atoms with Gasteiger partial charge in [-0.15, -0.1) is 11.3 Å². The van der Waals surface area contributed by atoms with Crippen molar-refractivity contribution in [1.29, 1.82) is 0 Å². The van der Waals surface area contributed by atoms with E-state index in [1.54, 1.807) is 22.3 Å². The number of benzene rings is 2. The van der Waals surface area contributed by atoms with Gasteiger partial charge in [-0.2, -0.15) is 0 Å². The molecule has 0 saturated heterocycles. The third-order valence-electron chi connectivity index (χ3n) is 6.53. The van der Waals surface area contributed by atoms with Gasteiger partial charge >= 0.3 is 0 Å². The number of carbonyl (C=O) groups excluding carboxylic acids is 2. The van der Waals surface area contributed by atoms with E-state index in [1.165, 1.54) is 28.6 Å². The second-order valence-electron chi connectivity index (χ2n) is 8.60. The van der Waals surface area contributed by atoms with Gasteiger partial charge in [0, 0.05) is 23.0 Å². The number of hydrogen-bond donors (Lipinski definition) is 0. The van der Waals surface area contributed by atoms with Crippen molar-refractivity contribution in [2.24, 2.45) is 0 Å². The number of aryl methyl sites for hydroxylation is 1. The lowest BCUT2D eigenvalue weighted by Crippen LogP contribution is -2.49. The molecule has 2 heterocycles. The molecule has 0 saturated carbocycles. The first kappa shape index (κ1) is 23.2. The summed E-state index contributed by atoms with van der Waals surface area (Å²) in [6.07, 6.45) is 1.51. The van der Waals surface area contributed by atoms with Gasteiger partial charge in [-0.3, -0.25) is 9.59 Å². The molecule has 172 valence electrons. The molecule has 4 nitrogen and oxygen atoms in total. The summed E-state index contributed by atoms with van der Waals surface area (Å²) >= 11 is 1.73. The van der Waals surface area contributed by atoms with Crippen LogP contribution in [0, 0.1) is 12.7 Å². The Morgan fingerprint density at radius 2 is 1.94 bits per heavy atom. The Balaban J connectivity index is 1.66. The SMILES string of the molecule is CCC(C)N(CC(=O)N1CCc2sccc2C1c1ccccc1C)C(=O)c1cccc(F)c1. The maximum absolute atomic E-state index is 13.8. The monoisotopic (exact) mass is 464 g/mol. The molecular weight excluding hydrogens is 435 g/mol. The van der Waals surface area contributed by atoms with Gasteiger partial charge in [0.1, 0.15) is 12.4 Å². The summed E-state index contributed by atoms with van der Waals surface area (Å²) in [4.78, 5) is 31.8. The second-order valence-corrected chi connectivity index (χ2v) is 9.60. The van der Waals surface area contributed by atoms with E-state index in [2.05, 4.69) is 30.5 Å². The van der Waals surface area contributed by atoms with Crippen molar-refractivity contribution in [2.75, 3.05) is 13.1 Å². The van der Waals surface area contributed by atoms with Crippen molar-refractivity contribution in [2.45, 2.75) is 45.7 Å².